The molecule has 0 saturated carbocycles. The Bertz CT molecular complexity index is 2050. The first-order chi connectivity index (χ1) is 23.2. The highest BCUT2D eigenvalue weighted by Crippen LogP contribution is 2.35. The molecule has 1 aliphatic heterocycles. The number of aromatic nitrogens is 2. The Morgan fingerprint density at radius 3 is 2.42 bits per heavy atom. The molecule has 48 heavy (non-hydrogen) atoms. The van der Waals surface area contributed by atoms with Crippen LogP contribution in [0.4, 0.5) is 9.18 Å². The van der Waals surface area contributed by atoms with Crippen molar-refractivity contribution in [1.82, 2.24) is 20.6 Å². The highest BCUT2D eigenvalue weighted by Gasteiger charge is 2.34. The van der Waals surface area contributed by atoms with Gasteiger partial charge in [-0.25, -0.2) is 9.18 Å². The summed E-state index contributed by atoms with van der Waals surface area (Å²) in [6.07, 6.45) is 19.9. The number of carbonyl (C=O) groups excluding carboxylic acids is 2. The fourth-order valence-electron chi connectivity index (χ4n) is 6.28. The van der Waals surface area contributed by atoms with Crippen molar-refractivity contribution in [2.45, 2.75) is 45.6 Å². The van der Waals surface area contributed by atoms with E-state index in [1.807, 2.05) is 55.8 Å². The lowest BCUT2D eigenvalue weighted by molar-refractivity contribution is 0.0933. The molecule has 7 rings (SSSR count). The second kappa shape index (κ2) is 14.0. The lowest BCUT2D eigenvalue weighted by Gasteiger charge is -2.34. The van der Waals surface area contributed by atoms with Crippen molar-refractivity contribution in [2.75, 3.05) is 0 Å². The zero-order valence-corrected chi connectivity index (χ0v) is 27.2. The summed E-state index contributed by atoms with van der Waals surface area (Å²) in [5.74, 6) is -0.186. The van der Waals surface area contributed by atoms with Crippen LogP contribution < -0.4 is 25.8 Å². The Morgan fingerprint density at radius 1 is 0.938 bits per heavy atom. The molecule has 0 radical (unpaired) electrons. The van der Waals surface area contributed by atoms with Crippen molar-refractivity contribution >= 4 is 24.0 Å². The average Bonchev–Trinajstić information content (AvgIpc) is 3.41. The van der Waals surface area contributed by atoms with E-state index in [-0.39, 0.29) is 29.5 Å². The van der Waals surface area contributed by atoms with Gasteiger partial charge in [-0.15, -0.1) is 0 Å². The summed E-state index contributed by atoms with van der Waals surface area (Å²) < 4.78 is 19.0. The summed E-state index contributed by atoms with van der Waals surface area (Å²) >= 11 is 0. The molecule has 0 fully saturated rings. The molecule has 1 amide bonds. The van der Waals surface area contributed by atoms with E-state index < -0.39 is 6.09 Å². The third-order valence-electron chi connectivity index (χ3n) is 8.65. The molecule has 2 heterocycles. The van der Waals surface area contributed by atoms with Gasteiger partial charge in [0.2, 0.25) is 0 Å². The number of nitrogens with one attached hydrogen (secondary N) is 2. The minimum absolute atomic E-state index is 0.00651. The van der Waals surface area contributed by atoms with Crippen LogP contribution in [-0.4, -0.2) is 21.8 Å². The molecule has 2 N–H and O–H groups in total. The van der Waals surface area contributed by atoms with Crippen LogP contribution in [0.5, 0.6) is 5.75 Å². The first kappa shape index (κ1) is 32.3. The van der Waals surface area contributed by atoms with Crippen LogP contribution in [0, 0.1) is 18.7 Å². The van der Waals surface area contributed by atoms with Gasteiger partial charge in [0.05, 0.1) is 24.1 Å². The van der Waals surface area contributed by atoms with Crippen molar-refractivity contribution in [2.24, 2.45) is 5.92 Å². The second-order valence-corrected chi connectivity index (χ2v) is 12.6. The van der Waals surface area contributed by atoms with Crippen molar-refractivity contribution in [3.05, 3.63) is 148 Å². The standard InChI is InChI=1S/C34H30FN3O3.C6H7N/c1-20-17-37-25(18-36-20)19-38-33(40)41-26-9-11-27-22(14-26)6-10-29-28(27)12-13-31-30(29)15-23(16-34(31,2)3)32(39)21-4-7-24(35)8-5-21;1-2-4-6-7-5-3-1/h4-5,7-15,17-18,23H,6,16,19H2,1-3H3,(H,38,40);1-7H. The quantitative estimate of drug-likeness (QED) is 0.247. The Hall–Kier alpha value is -5.63. The summed E-state index contributed by atoms with van der Waals surface area (Å²) in [5.41, 5.74) is 6.21. The van der Waals surface area contributed by atoms with Gasteiger partial charge in [-0.2, -0.15) is 0 Å². The number of hydrogen-bond donors (Lipinski definition) is 2. The van der Waals surface area contributed by atoms with E-state index in [4.69, 9.17) is 4.74 Å². The predicted molar refractivity (Wildman–Crippen MR) is 186 cm³/mol. The third kappa shape index (κ3) is 7.33. The number of allylic oxidation sites excluding steroid dienone is 4. The largest absolute Gasteiger partial charge is 0.412 e. The van der Waals surface area contributed by atoms with Gasteiger partial charge >= 0.3 is 6.09 Å². The van der Waals surface area contributed by atoms with E-state index in [1.165, 1.54) is 17.7 Å². The number of fused-ring (bicyclic) bond motifs is 5. The number of benzene rings is 3. The molecule has 1 atom stereocenters. The zero-order chi connectivity index (χ0) is 33.7. The fourth-order valence-corrected chi connectivity index (χ4v) is 6.28. The minimum Gasteiger partial charge on any atom is -0.410 e. The Labute approximate surface area is 279 Å². The molecule has 0 saturated heterocycles. The highest BCUT2D eigenvalue weighted by molar-refractivity contribution is 6.01. The summed E-state index contributed by atoms with van der Waals surface area (Å²) in [4.78, 5) is 34.2. The maximum atomic E-state index is 13.5. The monoisotopic (exact) mass is 640 g/mol. The number of ether oxygens (including phenoxy) is 1. The van der Waals surface area contributed by atoms with Crippen LogP contribution in [0.2, 0.25) is 0 Å². The number of rotatable bonds is 5. The summed E-state index contributed by atoms with van der Waals surface area (Å²) in [6.45, 7) is 6.42. The van der Waals surface area contributed by atoms with E-state index in [0.29, 0.717) is 29.8 Å². The van der Waals surface area contributed by atoms with Crippen molar-refractivity contribution < 1.29 is 18.7 Å². The van der Waals surface area contributed by atoms with Crippen LogP contribution in [-0.2, 0) is 18.4 Å². The molecular formula is C40H37FN4O3. The van der Waals surface area contributed by atoms with Crippen LogP contribution in [0.3, 0.4) is 0 Å². The lowest BCUT2D eigenvalue weighted by atomic mass is 9.69. The maximum absolute atomic E-state index is 13.5. The van der Waals surface area contributed by atoms with Gasteiger partial charge < -0.3 is 15.4 Å². The van der Waals surface area contributed by atoms with Crippen molar-refractivity contribution in [3.63, 3.8) is 0 Å². The Balaban J connectivity index is 0.000000510. The van der Waals surface area contributed by atoms with Gasteiger partial charge in [0.25, 0.3) is 0 Å². The number of carbonyl (C=O) groups is 2. The SMILES string of the molecule is C1=CC=CNC=C1.Cc1cnc(CNC(=O)Oc2ccc3c(c2)CC=c2c-3ccc3c2=CC(C(=O)c2ccc(F)cc2)CC3(C)C)cn1. The Kier molecular flexibility index (Phi) is 9.43. The molecule has 3 aliphatic rings. The van der Waals surface area contributed by atoms with E-state index >= 15 is 0 Å². The molecule has 7 nitrogen and oxygen atoms in total. The van der Waals surface area contributed by atoms with E-state index in [9.17, 15) is 14.0 Å². The molecule has 8 heteroatoms. The van der Waals surface area contributed by atoms with E-state index in [2.05, 4.69) is 58.7 Å². The number of amides is 1. The molecule has 242 valence electrons. The summed E-state index contributed by atoms with van der Waals surface area (Å²) in [5, 5.41) is 7.84. The highest BCUT2D eigenvalue weighted by atomic mass is 19.1. The average molecular weight is 641 g/mol. The fraction of sp³-hybridized carbons (Fsp3) is 0.200. The van der Waals surface area contributed by atoms with Gasteiger partial charge in [-0.1, -0.05) is 56.4 Å². The minimum atomic E-state index is -0.560. The number of halogens is 1. The van der Waals surface area contributed by atoms with Gasteiger partial charge in [-0.3, -0.25) is 14.8 Å². The topological polar surface area (TPSA) is 93.2 Å². The smallest absolute Gasteiger partial charge is 0.410 e. The summed E-state index contributed by atoms with van der Waals surface area (Å²) in [7, 11) is 0. The number of nitrogens with zero attached hydrogens (tertiary/aromatic N) is 2. The van der Waals surface area contributed by atoms with E-state index in [1.54, 1.807) is 30.6 Å². The third-order valence-corrected chi connectivity index (χ3v) is 8.65. The Morgan fingerprint density at radius 2 is 1.69 bits per heavy atom. The number of hydrogen-bond acceptors (Lipinski definition) is 6. The van der Waals surface area contributed by atoms with E-state index in [0.717, 1.165) is 32.8 Å². The predicted octanol–water partition coefficient (Wildman–Crippen LogP) is 6.35. The number of ketones is 1. The van der Waals surface area contributed by atoms with Crippen molar-refractivity contribution in [1.29, 1.82) is 0 Å². The first-order valence-corrected chi connectivity index (χ1v) is 15.9. The molecule has 1 unspecified atom stereocenters. The first-order valence-electron chi connectivity index (χ1n) is 15.9. The molecule has 1 aromatic heterocycles. The number of Topliss-reactive ketones (excluding diaryl/α,β-unsaturated/α-hetero) is 1. The van der Waals surface area contributed by atoms with Gasteiger partial charge in [0, 0.05) is 30.1 Å². The van der Waals surface area contributed by atoms with Crippen LogP contribution >= 0.6 is 0 Å². The zero-order valence-electron chi connectivity index (χ0n) is 27.2. The molecule has 4 aromatic rings. The maximum Gasteiger partial charge on any atom is 0.412 e. The van der Waals surface area contributed by atoms with Gasteiger partial charge in [0.1, 0.15) is 11.6 Å². The molecule has 0 spiro atoms. The molecule has 2 aliphatic carbocycles. The normalized spacial score (nSPS) is 16.2. The van der Waals surface area contributed by atoms with Gasteiger partial charge in [0.15, 0.2) is 5.78 Å². The van der Waals surface area contributed by atoms with Crippen LogP contribution in [0.25, 0.3) is 23.3 Å². The lowest BCUT2D eigenvalue weighted by Crippen LogP contribution is -2.43. The molecular weight excluding hydrogens is 603 g/mol. The second-order valence-electron chi connectivity index (χ2n) is 12.6. The summed E-state index contributed by atoms with van der Waals surface area (Å²) in [6, 6.07) is 15.8. The molecule has 0 bridgehead atoms. The van der Waals surface area contributed by atoms with Crippen molar-refractivity contribution in [3.8, 4) is 16.9 Å². The number of aryl methyl sites for hydroxylation is 1. The molecule has 3 aromatic carbocycles. The van der Waals surface area contributed by atoms with Crippen LogP contribution in [0.1, 0.15) is 53.1 Å². The van der Waals surface area contributed by atoms with Crippen LogP contribution in [0.15, 0.2) is 104 Å². The van der Waals surface area contributed by atoms with Gasteiger partial charge in [-0.05, 0) is 106 Å².